The van der Waals surface area contributed by atoms with Crippen molar-refractivity contribution in [2.24, 2.45) is 10.2 Å². The number of carbonyl (C=O) groups is 3. The van der Waals surface area contributed by atoms with E-state index in [-0.39, 0.29) is 5.56 Å². The molecule has 0 spiro atoms. The van der Waals surface area contributed by atoms with Gasteiger partial charge < -0.3 is 20.4 Å². The molecule has 3 aromatic rings. The molecule has 3 rings (SSSR count). The van der Waals surface area contributed by atoms with E-state index in [1.54, 1.807) is 12.1 Å². The van der Waals surface area contributed by atoms with Crippen molar-refractivity contribution < 1.29 is 34.8 Å². The Kier molecular flexibility index (Phi) is 6.99. The molecule has 16 nitrogen and oxygen atoms in total. The van der Waals surface area contributed by atoms with Gasteiger partial charge in [0.1, 0.15) is 24.4 Å². The lowest BCUT2D eigenvalue weighted by atomic mass is 10.1. The van der Waals surface area contributed by atoms with E-state index in [1.807, 2.05) is 0 Å². The lowest BCUT2D eigenvalue weighted by Gasteiger charge is -2.14. The number of benzene rings is 1. The van der Waals surface area contributed by atoms with Gasteiger partial charge in [-0.25, -0.2) is 14.4 Å². The summed E-state index contributed by atoms with van der Waals surface area (Å²) >= 11 is 0. The summed E-state index contributed by atoms with van der Waals surface area (Å²) in [6.07, 6.45) is 0. The van der Waals surface area contributed by atoms with Crippen LogP contribution < -0.4 is 5.56 Å². The number of imidazole rings is 1. The van der Waals surface area contributed by atoms with E-state index < -0.39 is 81.4 Å². The number of carboxylic acid groups (broad SMARTS) is 3. The zero-order valence-electron chi connectivity index (χ0n) is 18.9. The molecule has 0 amide bonds. The molecule has 188 valence electrons. The van der Waals surface area contributed by atoms with Crippen LogP contribution in [0.15, 0.2) is 33.2 Å². The Hall–Kier alpha value is -6.34. The molecule has 0 saturated heterocycles. The first kappa shape index (κ1) is 26.3. The molecule has 1 aromatic carbocycles. The molecule has 0 aliphatic carbocycles. The largest absolute Gasteiger partial charge is 0.502 e. The molecule has 0 fully saturated rings. The first-order valence-corrected chi connectivity index (χ1v) is 9.97. The van der Waals surface area contributed by atoms with Gasteiger partial charge in [0.2, 0.25) is 5.88 Å². The molecule has 2 heterocycles. The number of aromatic carboxylic acids is 2. The number of hydrogen-bond acceptors (Lipinski definition) is 10. The molecule has 0 aliphatic heterocycles. The van der Waals surface area contributed by atoms with Crippen LogP contribution >= 0.6 is 0 Å². The fourth-order valence-corrected chi connectivity index (χ4v) is 3.32. The van der Waals surface area contributed by atoms with E-state index in [0.717, 1.165) is 22.8 Å². The number of pyridine rings is 1. The molecule has 4 N–H and O–H groups in total. The van der Waals surface area contributed by atoms with E-state index >= 15 is 0 Å². The van der Waals surface area contributed by atoms with Gasteiger partial charge in [-0.15, -0.1) is 10.2 Å². The summed E-state index contributed by atoms with van der Waals surface area (Å²) in [5.74, 6) is -5.96. The highest BCUT2D eigenvalue weighted by Gasteiger charge is 2.24. The third kappa shape index (κ3) is 4.61. The predicted octanol–water partition coefficient (Wildman–Crippen LogP) is 2.24. The molecule has 16 heteroatoms. The van der Waals surface area contributed by atoms with E-state index in [1.165, 1.54) is 6.92 Å². The molecule has 0 radical (unpaired) electrons. The second-order valence-corrected chi connectivity index (χ2v) is 7.29. The van der Waals surface area contributed by atoms with Gasteiger partial charge in [-0.1, -0.05) is 0 Å². The smallest absolute Gasteiger partial charge is 0.335 e. The van der Waals surface area contributed by atoms with Crippen LogP contribution in [0.1, 0.15) is 37.7 Å². The average molecular weight is 516 g/mol. The van der Waals surface area contributed by atoms with Gasteiger partial charge in [0, 0.05) is 0 Å². The van der Waals surface area contributed by atoms with Gasteiger partial charge in [0.15, 0.2) is 11.4 Å². The Morgan fingerprint density at radius 2 is 1.68 bits per heavy atom. The van der Waals surface area contributed by atoms with E-state index in [4.69, 9.17) is 11.7 Å². The maximum Gasteiger partial charge on any atom is 0.335 e. The van der Waals surface area contributed by atoms with Crippen molar-refractivity contribution in [3.63, 3.8) is 0 Å². The average Bonchev–Trinajstić information content (AvgIpc) is 3.19. The summed E-state index contributed by atoms with van der Waals surface area (Å²) in [7, 11) is 0. The van der Waals surface area contributed by atoms with E-state index in [0.29, 0.717) is 4.57 Å². The van der Waals surface area contributed by atoms with Crippen molar-refractivity contribution in [2.45, 2.75) is 13.5 Å². The Morgan fingerprint density at radius 3 is 2.16 bits per heavy atom. The van der Waals surface area contributed by atoms with Crippen LogP contribution in [0, 0.1) is 36.2 Å². The molecular formula is C22H12N8O8. The fourth-order valence-electron chi connectivity index (χ4n) is 3.32. The highest BCUT2D eigenvalue weighted by molar-refractivity contribution is 5.95. The predicted molar refractivity (Wildman–Crippen MR) is 122 cm³/mol. The number of aromatic nitrogens is 3. The van der Waals surface area contributed by atoms with Crippen LogP contribution in [0.2, 0.25) is 0 Å². The minimum Gasteiger partial charge on any atom is -0.502 e. The lowest BCUT2D eigenvalue weighted by molar-refractivity contribution is -0.137. The molecule has 38 heavy (non-hydrogen) atoms. The third-order valence-corrected chi connectivity index (χ3v) is 5.01. The summed E-state index contributed by atoms with van der Waals surface area (Å²) in [4.78, 5) is 54.5. The highest BCUT2D eigenvalue weighted by atomic mass is 16.4. The second-order valence-electron chi connectivity index (χ2n) is 7.29. The van der Waals surface area contributed by atoms with Gasteiger partial charge in [-0.2, -0.15) is 15.5 Å². The van der Waals surface area contributed by atoms with E-state index in [2.05, 4.69) is 20.1 Å². The van der Waals surface area contributed by atoms with Crippen molar-refractivity contribution in [1.29, 1.82) is 10.5 Å². The minimum atomic E-state index is -1.54. The van der Waals surface area contributed by atoms with Gasteiger partial charge in [0.25, 0.3) is 17.2 Å². The minimum absolute atomic E-state index is 0.187. The van der Waals surface area contributed by atoms with Crippen molar-refractivity contribution in [3.8, 4) is 23.7 Å². The Bertz CT molecular complexity index is 1730. The van der Waals surface area contributed by atoms with E-state index in [9.17, 15) is 45.0 Å². The molecule has 2 aromatic heterocycles. The summed E-state index contributed by atoms with van der Waals surface area (Å²) in [5, 5.41) is 64.4. The summed E-state index contributed by atoms with van der Waals surface area (Å²) < 4.78 is 1.21. The van der Waals surface area contributed by atoms with Gasteiger partial charge in [-0.3, -0.25) is 18.7 Å². The SMILES string of the molecule is [C-]#[N+]c1c(C)c(N=Nc2nc(C#N)c(C#N)n2CC(=O)O)c(=O)n(-c2cc(C(=O)O)cc(C(=O)O)c2)c1O. The molecule has 0 bridgehead atoms. The summed E-state index contributed by atoms with van der Waals surface area (Å²) in [5.41, 5.74) is -4.84. The van der Waals surface area contributed by atoms with Crippen molar-refractivity contribution in [2.75, 3.05) is 0 Å². The Labute approximate surface area is 210 Å². The number of nitrogens with zero attached hydrogens (tertiary/aromatic N) is 8. The molecular weight excluding hydrogens is 504 g/mol. The first-order chi connectivity index (χ1) is 17.9. The molecule has 0 atom stereocenters. The second kappa shape index (κ2) is 10.1. The zero-order valence-corrected chi connectivity index (χ0v) is 18.9. The maximum absolute atomic E-state index is 13.3. The molecule has 0 saturated carbocycles. The Morgan fingerprint density at radius 1 is 1.08 bits per heavy atom. The molecule has 0 aliphatic rings. The number of aromatic hydroxyl groups is 1. The number of hydrogen-bond donors (Lipinski definition) is 4. The number of azo groups is 1. The van der Waals surface area contributed by atoms with Crippen LogP contribution in [0.4, 0.5) is 17.3 Å². The van der Waals surface area contributed by atoms with Crippen LogP contribution in [-0.2, 0) is 11.3 Å². The monoisotopic (exact) mass is 516 g/mol. The van der Waals surface area contributed by atoms with Crippen LogP contribution in [-0.4, -0.2) is 52.5 Å². The summed E-state index contributed by atoms with van der Waals surface area (Å²) in [6.45, 7) is 7.79. The summed E-state index contributed by atoms with van der Waals surface area (Å²) in [6, 6.07) is 5.82. The van der Waals surface area contributed by atoms with Gasteiger partial charge >= 0.3 is 17.9 Å². The standard InChI is InChI=1S/C22H12N8O8/c1-9-16(25-2)18(33)30(12-4-10(20(35)36)3-11(5-12)21(37)38)19(34)17(9)27-28-22-26-13(6-23)14(7-24)29(22)8-15(31)32/h3-5,33H,8H2,1H3,(H,31,32)(H,35,36)(H,37,38). The topological polar surface area (TPSA) is 249 Å². The zero-order chi connectivity index (χ0) is 28.3. The number of carboxylic acids is 3. The van der Waals surface area contributed by atoms with Crippen molar-refractivity contribution in [3.05, 3.63) is 68.0 Å². The molecule has 0 unspecified atom stereocenters. The van der Waals surface area contributed by atoms with Gasteiger partial charge in [0.05, 0.1) is 23.4 Å². The fraction of sp³-hybridized carbons (Fsp3) is 0.0909. The van der Waals surface area contributed by atoms with Crippen LogP contribution in [0.3, 0.4) is 0 Å². The van der Waals surface area contributed by atoms with Crippen molar-refractivity contribution >= 4 is 35.2 Å². The van der Waals surface area contributed by atoms with Gasteiger partial charge in [-0.05, 0) is 30.7 Å². The Balaban J connectivity index is 2.34. The number of rotatable bonds is 7. The first-order valence-electron chi connectivity index (χ1n) is 9.97. The third-order valence-electron chi connectivity index (χ3n) is 5.01. The quantitative estimate of drug-likeness (QED) is 0.262. The maximum atomic E-state index is 13.3. The lowest BCUT2D eigenvalue weighted by Crippen LogP contribution is -2.20. The highest BCUT2D eigenvalue weighted by Crippen LogP contribution is 2.36. The number of nitriles is 2. The normalized spacial score (nSPS) is 10.5. The number of aliphatic carboxylic acids is 1. The van der Waals surface area contributed by atoms with Crippen LogP contribution in [0.5, 0.6) is 5.88 Å². The van der Waals surface area contributed by atoms with Crippen LogP contribution in [0.25, 0.3) is 10.5 Å². The van der Waals surface area contributed by atoms with Crippen molar-refractivity contribution in [1.82, 2.24) is 14.1 Å².